The van der Waals surface area contributed by atoms with Crippen LogP contribution in [-0.4, -0.2) is 32.5 Å². The number of amides is 1. The Morgan fingerprint density at radius 3 is 2.06 bits per heavy atom. The Balaban J connectivity index is 1.63. The molecule has 0 unspecified atom stereocenters. The fourth-order valence-corrected chi connectivity index (χ4v) is 4.27. The van der Waals surface area contributed by atoms with Crippen LogP contribution in [0.5, 0.6) is 0 Å². The maximum atomic E-state index is 13.1. The highest BCUT2D eigenvalue weighted by Gasteiger charge is 2.22. The summed E-state index contributed by atoms with van der Waals surface area (Å²) in [6, 6.07) is 29.8. The molecule has 0 spiro atoms. The van der Waals surface area contributed by atoms with Crippen LogP contribution in [0, 0.1) is 0 Å². The standard InChI is InChI=1S/C25H24N4OS/c1-19(2)28(21-14-8-4-9-15-21)23(30)18-31-25-27-26-24(20-12-6-3-7-13-20)29(25)22-16-10-5-11-17-22/h3-17,19H,18H2,1-2H3. The molecule has 0 aliphatic carbocycles. The van der Waals surface area contributed by atoms with Crippen LogP contribution >= 0.6 is 11.8 Å². The number of hydrogen-bond acceptors (Lipinski definition) is 4. The van der Waals surface area contributed by atoms with E-state index in [0.717, 1.165) is 22.8 Å². The number of rotatable bonds is 7. The number of carbonyl (C=O) groups is 1. The molecule has 1 heterocycles. The summed E-state index contributed by atoms with van der Waals surface area (Å²) in [5, 5.41) is 9.56. The minimum absolute atomic E-state index is 0.0371. The van der Waals surface area contributed by atoms with Crippen molar-refractivity contribution in [2.45, 2.75) is 25.0 Å². The van der Waals surface area contributed by atoms with Gasteiger partial charge in [-0.15, -0.1) is 10.2 Å². The number of nitrogens with zero attached hydrogens (tertiary/aromatic N) is 4. The van der Waals surface area contributed by atoms with Crippen molar-refractivity contribution in [2.75, 3.05) is 10.7 Å². The summed E-state index contributed by atoms with van der Waals surface area (Å²) >= 11 is 1.40. The summed E-state index contributed by atoms with van der Waals surface area (Å²) in [6.07, 6.45) is 0. The number of thioether (sulfide) groups is 1. The molecule has 0 saturated heterocycles. The van der Waals surface area contributed by atoms with E-state index in [-0.39, 0.29) is 17.7 Å². The van der Waals surface area contributed by atoms with Gasteiger partial charge in [0.15, 0.2) is 11.0 Å². The smallest absolute Gasteiger partial charge is 0.237 e. The lowest BCUT2D eigenvalue weighted by molar-refractivity contribution is -0.116. The third kappa shape index (κ3) is 4.70. The van der Waals surface area contributed by atoms with Gasteiger partial charge in [0.2, 0.25) is 5.91 Å². The number of carbonyl (C=O) groups excluding carboxylic acids is 1. The molecule has 4 aromatic rings. The van der Waals surface area contributed by atoms with Crippen LogP contribution in [0.15, 0.2) is 96.2 Å². The van der Waals surface area contributed by atoms with Crippen LogP contribution in [0.25, 0.3) is 17.1 Å². The quantitative estimate of drug-likeness (QED) is 0.366. The highest BCUT2D eigenvalue weighted by Crippen LogP contribution is 2.28. The number of benzene rings is 3. The van der Waals surface area contributed by atoms with E-state index < -0.39 is 0 Å². The second-order valence-electron chi connectivity index (χ2n) is 7.32. The number of anilines is 1. The molecule has 1 amide bonds. The molecule has 6 heteroatoms. The van der Waals surface area contributed by atoms with Crippen molar-refractivity contribution in [1.29, 1.82) is 0 Å². The molecule has 0 atom stereocenters. The first kappa shape index (κ1) is 20.9. The lowest BCUT2D eigenvalue weighted by atomic mass is 10.2. The Morgan fingerprint density at radius 2 is 1.45 bits per heavy atom. The first-order chi connectivity index (χ1) is 15.1. The normalized spacial score (nSPS) is 10.9. The zero-order valence-corrected chi connectivity index (χ0v) is 18.4. The van der Waals surface area contributed by atoms with Crippen LogP contribution in [0.2, 0.25) is 0 Å². The summed E-state index contributed by atoms with van der Waals surface area (Å²) in [4.78, 5) is 15.0. The minimum atomic E-state index is 0.0371. The molecule has 4 rings (SSSR count). The molecule has 0 aliphatic heterocycles. The van der Waals surface area contributed by atoms with E-state index in [1.165, 1.54) is 11.8 Å². The van der Waals surface area contributed by atoms with E-state index in [2.05, 4.69) is 10.2 Å². The fourth-order valence-electron chi connectivity index (χ4n) is 3.46. The van der Waals surface area contributed by atoms with Gasteiger partial charge in [-0.2, -0.15) is 0 Å². The topological polar surface area (TPSA) is 51.0 Å². The van der Waals surface area contributed by atoms with Gasteiger partial charge in [-0.1, -0.05) is 78.5 Å². The zero-order valence-electron chi connectivity index (χ0n) is 17.6. The predicted molar refractivity (Wildman–Crippen MR) is 127 cm³/mol. The first-order valence-electron chi connectivity index (χ1n) is 10.2. The van der Waals surface area contributed by atoms with Gasteiger partial charge >= 0.3 is 0 Å². The van der Waals surface area contributed by atoms with Crippen LogP contribution < -0.4 is 4.90 Å². The number of aromatic nitrogens is 3. The van der Waals surface area contributed by atoms with Crippen molar-refractivity contribution in [3.63, 3.8) is 0 Å². The average Bonchev–Trinajstić information content (AvgIpc) is 3.23. The third-order valence-electron chi connectivity index (χ3n) is 4.82. The van der Waals surface area contributed by atoms with Crippen LogP contribution in [0.1, 0.15) is 13.8 Å². The van der Waals surface area contributed by atoms with Crippen LogP contribution in [-0.2, 0) is 4.79 Å². The third-order valence-corrected chi connectivity index (χ3v) is 5.74. The average molecular weight is 429 g/mol. The highest BCUT2D eigenvalue weighted by atomic mass is 32.2. The van der Waals surface area contributed by atoms with Gasteiger partial charge in [-0.05, 0) is 38.1 Å². The molecule has 31 heavy (non-hydrogen) atoms. The van der Waals surface area contributed by atoms with Crippen molar-refractivity contribution in [2.24, 2.45) is 0 Å². The Labute approximate surface area is 186 Å². The lowest BCUT2D eigenvalue weighted by Gasteiger charge is -2.26. The summed E-state index contributed by atoms with van der Waals surface area (Å²) in [6.45, 7) is 4.05. The zero-order chi connectivity index (χ0) is 21.6. The monoisotopic (exact) mass is 428 g/mol. The van der Waals surface area contributed by atoms with Crippen LogP contribution in [0.3, 0.4) is 0 Å². The second-order valence-corrected chi connectivity index (χ2v) is 8.27. The van der Waals surface area contributed by atoms with Gasteiger partial charge in [0.05, 0.1) is 5.75 Å². The Kier molecular flexibility index (Phi) is 6.48. The molecule has 0 bridgehead atoms. The second kappa shape index (κ2) is 9.62. The van der Waals surface area contributed by atoms with Gasteiger partial charge in [0.1, 0.15) is 0 Å². The van der Waals surface area contributed by atoms with Crippen molar-refractivity contribution in [1.82, 2.24) is 14.8 Å². The first-order valence-corrected chi connectivity index (χ1v) is 11.2. The van der Waals surface area contributed by atoms with E-state index in [0.29, 0.717) is 5.16 Å². The van der Waals surface area contributed by atoms with E-state index in [1.54, 1.807) is 0 Å². The van der Waals surface area contributed by atoms with Crippen molar-refractivity contribution < 1.29 is 4.79 Å². The summed E-state index contributed by atoms with van der Waals surface area (Å²) in [7, 11) is 0. The predicted octanol–water partition coefficient (Wildman–Crippen LogP) is 5.47. The largest absolute Gasteiger partial charge is 0.309 e. The minimum Gasteiger partial charge on any atom is -0.309 e. The molecule has 0 saturated carbocycles. The van der Waals surface area contributed by atoms with Gasteiger partial charge < -0.3 is 4.90 Å². The Bertz CT molecular complexity index is 1130. The molecule has 0 aliphatic rings. The lowest BCUT2D eigenvalue weighted by Crippen LogP contribution is -2.38. The maximum Gasteiger partial charge on any atom is 0.237 e. The summed E-state index contributed by atoms with van der Waals surface area (Å²) in [5.74, 6) is 1.06. The summed E-state index contributed by atoms with van der Waals surface area (Å²) in [5.41, 5.74) is 2.84. The van der Waals surface area contributed by atoms with Crippen LogP contribution in [0.4, 0.5) is 5.69 Å². The van der Waals surface area contributed by atoms with E-state index in [4.69, 9.17) is 0 Å². The van der Waals surface area contributed by atoms with Gasteiger partial charge in [-0.25, -0.2) is 0 Å². The van der Waals surface area contributed by atoms with E-state index >= 15 is 0 Å². The molecule has 0 radical (unpaired) electrons. The summed E-state index contributed by atoms with van der Waals surface area (Å²) < 4.78 is 2.01. The van der Waals surface area contributed by atoms with E-state index in [1.807, 2.05) is 114 Å². The Hall–Kier alpha value is -3.38. The molecule has 0 N–H and O–H groups in total. The molecule has 3 aromatic carbocycles. The number of para-hydroxylation sites is 2. The fraction of sp³-hybridized carbons (Fsp3) is 0.160. The molecule has 156 valence electrons. The number of hydrogen-bond donors (Lipinski definition) is 0. The van der Waals surface area contributed by atoms with Crippen molar-refractivity contribution in [3.05, 3.63) is 91.0 Å². The van der Waals surface area contributed by atoms with Gasteiger partial charge in [0.25, 0.3) is 0 Å². The molecule has 0 fully saturated rings. The maximum absolute atomic E-state index is 13.1. The van der Waals surface area contributed by atoms with Gasteiger partial charge in [-0.3, -0.25) is 9.36 Å². The molecule has 1 aromatic heterocycles. The van der Waals surface area contributed by atoms with Crippen molar-refractivity contribution >= 4 is 23.4 Å². The van der Waals surface area contributed by atoms with E-state index in [9.17, 15) is 4.79 Å². The molecule has 5 nitrogen and oxygen atoms in total. The Morgan fingerprint density at radius 1 is 0.871 bits per heavy atom. The SMILES string of the molecule is CC(C)N(C(=O)CSc1nnc(-c2ccccc2)n1-c1ccccc1)c1ccccc1. The van der Waals surface area contributed by atoms with Crippen molar-refractivity contribution in [3.8, 4) is 17.1 Å². The molecular formula is C25H24N4OS. The van der Waals surface area contributed by atoms with Gasteiger partial charge in [0, 0.05) is 23.0 Å². The molecular weight excluding hydrogens is 404 g/mol. The highest BCUT2D eigenvalue weighted by molar-refractivity contribution is 7.99.